The van der Waals surface area contributed by atoms with Gasteiger partial charge in [-0.15, -0.1) is 0 Å². The lowest BCUT2D eigenvalue weighted by Gasteiger charge is -2.19. The zero-order valence-corrected chi connectivity index (χ0v) is 11.2. The smallest absolute Gasteiger partial charge is 0.357 e. The Labute approximate surface area is 109 Å². The molecule has 7 nitrogen and oxygen atoms in total. The van der Waals surface area contributed by atoms with E-state index in [1.807, 2.05) is 0 Å². The van der Waals surface area contributed by atoms with Crippen molar-refractivity contribution in [2.24, 2.45) is 0 Å². The van der Waals surface area contributed by atoms with Gasteiger partial charge in [0.1, 0.15) is 17.6 Å². The van der Waals surface area contributed by atoms with Gasteiger partial charge in [-0.1, -0.05) is 0 Å². The second-order valence-electron chi connectivity index (χ2n) is 5.06. The van der Waals surface area contributed by atoms with E-state index in [4.69, 9.17) is 4.74 Å². The van der Waals surface area contributed by atoms with E-state index in [-0.39, 0.29) is 22.9 Å². The minimum absolute atomic E-state index is 0.0422. The van der Waals surface area contributed by atoms with Crippen LogP contribution in [0.5, 0.6) is 0 Å². The Balaban J connectivity index is 2.50. The second kappa shape index (κ2) is 4.42. The SMILES string of the molecule is CC(=O)c1cc(C(=O)OC(C)(C)C)nc2ncnn12. The number of aromatic nitrogens is 4. The molecule has 2 heterocycles. The summed E-state index contributed by atoms with van der Waals surface area (Å²) in [6.45, 7) is 6.65. The summed E-state index contributed by atoms with van der Waals surface area (Å²) in [6, 6.07) is 1.36. The molecule has 0 saturated carbocycles. The first-order chi connectivity index (χ1) is 8.78. The number of hydrogen-bond donors (Lipinski definition) is 0. The van der Waals surface area contributed by atoms with Gasteiger partial charge in [0.05, 0.1) is 0 Å². The lowest BCUT2D eigenvalue weighted by atomic mass is 10.2. The van der Waals surface area contributed by atoms with Gasteiger partial charge < -0.3 is 4.74 Å². The monoisotopic (exact) mass is 262 g/mol. The Kier molecular flexibility index (Phi) is 3.05. The van der Waals surface area contributed by atoms with Crippen molar-refractivity contribution in [3.05, 3.63) is 23.8 Å². The molecule has 0 saturated heterocycles. The van der Waals surface area contributed by atoms with E-state index in [1.54, 1.807) is 20.8 Å². The predicted molar refractivity (Wildman–Crippen MR) is 66.0 cm³/mol. The van der Waals surface area contributed by atoms with E-state index in [9.17, 15) is 9.59 Å². The van der Waals surface area contributed by atoms with Crippen LogP contribution in [0.1, 0.15) is 48.7 Å². The Morgan fingerprint density at radius 2 is 2.00 bits per heavy atom. The molecule has 0 radical (unpaired) electrons. The van der Waals surface area contributed by atoms with Crippen LogP contribution in [-0.2, 0) is 4.74 Å². The molecule has 100 valence electrons. The molecule has 0 aliphatic carbocycles. The second-order valence-corrected chi connectivity index (χ2v) is 5.06. The highest BCUT2D eigenvalue weighted by Crippen LogP contribution is 2.13. The van der Waals surface area contributed by atoms with Crippen molar-refractivity contribution in [3.8, 4) is 0 Å². The van der Waals surface area contributed by atoms with Gasteiger partial charge in [0.25, 0.3) is 5.78 Å². The summed E-state index contributed by atoms with van der Waals surface area (Å²) in [5.74, 6) is -0.642. The number of carbonyl (C=O) groups is 2. The first-order valence-corrected chi connectivity index (χ1v) is 5.73. The predicted octanol–water partition coefficient (Wildman–Crippen LogP) is 1.28. The summed E-state index contributed by atoms with van der Waals surface area (Å²) in [7, 11) is 0. The van der Waals surface area contributed by atoms with Crippen molar-refractivity contribution in [1.29, 1.82) is 0 Å². The molecule has 0 unspecified atom stereocenters. The molecular formula is C12H14N4O3. The van der Waals surface area contributed by atoms with Crippen molar-refractivity contribution in [2.45, 2.75) is 33.3 Å². The van der Waals surface area contributed by atoms with E-state index < -0.39 is 11.6 Å². The zero-order chi connectivity index (χ0) is 14.2. The fraction of sp³-hybridized carbons (Fsp3) is 0.417. The average molecular weight is 262 g/mol. The largest absolute Gasteiger partial charge is 0.455 e. The number of hydrogen-bond acceptors (Lipinski definition) is 6. The van der Waals surface area contributed by atoms with E-state index in [2.05, 4.69) is 15.1 Å². The summed E-state index contributed by atoms with van der Waals surface area (Å²) >= 11 is 0. The molecule has 0 bridgehead atoms. The Morgan fingerprint density at radius 3 is 2.58 bits per heavy atom. The molecule has 0 fully saturated rings. The van der Waals surface area contributed by atoms with Crippen molar-refractivity contribution in [2.75, 3.05) is 0 Å². The maximum Gasteiger partial charge on any atom is 0.357 e. The summed E-state index contributed by atoms with van der Waals surface area (Å²) in [5.41, 5.74) is -0.349. The van der Waals surface area contributed by atoms with Gasteiger partial charge in [0.2, 0.25) is 0 Å². The molecule has 0 amide bonds. The van der Waals surface area contributed by atoms with Gasteiger partial charge >= 0.3 is 5.97 Å². The van der Waals surface area contributed by atoms with Crippen LogP contribution in [0.4, 0.5) is 0 Å². The molecule has 0 N–H and O–H groups in total. The summed E-state index contributed by atoms with van der Waals surface area (Å²) in [6.07, 6.45) is 1.27. The normalized spacial score (nSPS) is 11.6. The number of Topliss-reactive ketones (excluding diaryl/α,β-unsaturated/α-hetero) is 1. The molecular weight excluding hydrogens is 248 g/mol. The molecule has 0 aromatic carbocycles. The lowest BCUT2D eigenvalue weighted by molar-refractivity contribution is 0.00629. The Bertz CT molecular complexity index is 655. The van der Waals surface area contributed by atoms with Gasteiger partial charge in [-0.2, -0.15) is 14.6 Å². The molecule has 0 aliphatic rings. The number of ketones is 1. The number of ether oxygens (including phenoxy) is 1. The molecule has 0 atom stereocenters. The van der Waals surface area contributed by atoms with Crippen molar-refractivity contribution < 1.29 is 14.3 Å². The van der Waals surface area contributed by atoms with E-state index in [0.717, 1.165) is 0 Å². The molecule has 0 aliphatic heterocycles. The number of rotatable bonds is 2. The van der Waals surface area contributed by atoms with Crippen LogP contribution in [0.25, 0.3) is 5.78 Å². The van der Waals surface area contributed by atoms with E-state index in [0.29, 0.717) is 0 Å². The van der Waals surface area contributed by atoms with Gasteiger partial charge in [-0.3, -0.25) is 4.79 Å². The Morgan fingerprint density at radius 1 is 1.32 bits per heavy atom. The lowest BCUT2D eigenvalue weighted by Crippen LogP contribution is -2.25. The fourth-order valence-corrected chi connectivity index (χ4v) is 1.50. The molecule has 19 heavy (non-hydrogen) atoms. The van der Waals surface area contributed by atoms with Crippen LogP contribution in [0.3, 0.4) is 0 Å². The molecule has 2 aromatic rings. The first kappa shape index (κ1) is 13.1. The third-order valence-corrected chi connectivity index (χ3v) is 2.22. The highest BCUT2D eigenvalue weighted by Gasteiger charge is 2.21. The van der Waals surface area contributed by atoms with Crippen LogP contribution in [0.15, 0.2) is 12.4 Å². The number of carbonyl (C=O) groups excluding carboxylic acids is 2. The van der Waals surface area contributed by atoms with E-state index >= 15 is 0 Å². The fourth-order valence-electron chi connectivity index (χ4n) is 1.50. The van der Waals surface area contributed by atoms with Crippen molar-refractivity contribution >= 4 is 17.5 Å². The highest BCUT2D eigenvalue weighted by molar-refractivity contribution is 5.96. The molecule has 2 aromatic heterocycles. The number of nitrogens with zero attached hydrogens (tertiary/aromatic N) is 4. The van der Waals surface area contributed by atoms with Gasteiger partial charge in [-0.05, 0) is 20.8 Å². The number of fused-ring (bicyclic) bond motifs is 1. The van der Waals surface area contributed by atoms with Gasteiger partial charge in [0, 0.05) is 13.0 Å². The number of esters is 1. The van der Waals surface area contributed by atoms with Crippen molar-refractivity contribution in [1.82, 2.24) is 19.6 Å². The van der Waals surface area contributed by atoms with Crippen LogP contribution in [0, 0.1) is 0 Å². The maximum absolute atomic E-state index is 11.9. The minimum atomic E-state index is -0.630. The van der Waals surface area contributed by atoms with Crippen LogP contribution >= 0.6 is 0 Å². The third-order valence-electron chi connectivity index (χ3n) is 2.22. The quantitative estimate of drug-likeness (QED) is 0.598. The first-order valence-electron chi connectivity index (χ1n) is 5.73. The molecule has 2 rings (SSSR count). The van der Waals surface area contributed by atoms with Crippen molar-refractivity contribution in [3.63, 3.8) is 0 Å². The standard InChI is InChI=1S/C12H14N4O3/c1-7(17)9-5-8(10(18)19-12(2,3)4)15-11-13-6-14-16(9)11/h5-6H,1-4H3. The topological polar surface area (TPSA) is 86.5 Å². The van der Waals surface area contributed by atoms with E-state index in [1.165, 1.54) is 23.8 Å². The highest BCUT2D eigenvalue weighted by atomic mass is 16.6. The molecule has 0 spiro atoms. The van der Waals surface area contributed by atoms with Crippen LogP contribution in [-0.4, -0.2) is 36.9 Å². The van der Waals surface area contributed by atoms with Crippen LogP contribution < -0.4 is 0 Å². The van der Waals surface area contributed by atoms with Gasteiger partial charge in [0.15, 0.2) is 11.5 Å². The summed E-state index contributed by atoms with van der Waals surface area (Å²) < 4.78 is 6.50. The zero-order valence-electron chi connectivity index (χ0n) is 11.2. The summed E-state index contributed by atoms with van der Waals surface area (Å²) in [4.78, 5) is 31.4. The maximum atomic E-state index is 11.9. The Hall–Kier alpha value is -2.31. The summed E-state index contributed by atoms with van der Waals surface area (Å²) in [5, 5.41) is 3.89. The minimum Gasteiger partial charge on any atom is -0.455 e. The van der Waals surface area contributed by atoms with Gasteiger partial charge in [-0.25, -0.2) is 9.78 Å². The average Bonchev–Trinajstić information content (AvgIpc) is 2.72. The molecule has 7 heteroatoms. The third kappa shape index (κ3) is 2.75. The van der Waals surface area contributed by atoms with Crippen LogP contribution in [0.2, 0.25) is 0 Å².